The first-order valence-electron chi connectivity index (χ1n) is 5.79. The van der Waals surface area contributed by atoms with Crippen molar-refractivity contribution in [3.05, 3.63) is 22.7 Å². The summed E-state index contributed by atoms with van der Waals surface area (Å²) in [4.78, 5) is 0.108. The lowest BCUT2D eigenvalue weighted by Gasteiger charge is -2.21. The summed E-state index contributed by atoms with van der Waals surface area (Å²) >= 11 is 4.83. The lowest BCUT2D eigenvalue weighted by atomic mass is 10.0. The molecule has 8 heteroatoms. The van der Waals surface area contributed by atoms with E-state index in [0.717, 1.165) is 5.75 Å². The predicted octanol–water partition coefficient (Wildman–Crippen LogP) is 2.14. The number of thioether (sulfide) groups is 1. The highest BCUT2D eigenvalue weighted by molar-refractivity contribution is 9.10. The maximum Gasteiger partial charge on any atom is 0.242 e. The molecular weight excluding hydrogens is 364 g/mol. The van der Waals surface area contributed by atoms with Crippen molar-refractivity contribution in [2.45, 2.75) is 16.9 Å². The highest BCUT2D eigenvalue weighted by Crippen LogP contribution is 2.31. The molecule has 2 rings (SSSR count). The summed E-state index contributed by atoms with van der Waals surface area (Å²) in [6.45, 7) is 0. The fourth-order valence-corrected chi connectivity index (χ4v) is 5.31. The van der Waals surface area contributed by atoms with Gasteiger partial charge in [0.05, 0.1) is 22.5 Å². The van der Waals surface area contributed by atoms with E-state index in [0.29, 0.717) is 22.4 Å². The fourth-order valence-electron chi connectivity index (χ4n) is 1.89. The second kappa shape index (κ2) is 5.93. The van der Waals surface area contributed by atoms with Crippen molar-refractivity contribution in [1.29, 1.82) is 5.26 Å². The monoisotopic (exact) mass is 376 g/mol. The summed E-state index contributed by atoms with van der Waals surface area (Å²) in [5.41, 5.74) is -1.00. The molecule has 0 bridgehead atoms. The molecule has 1 saturated heterocycles. The number of hydrogen-bond donors (Lipinski definition) is 1. The van der Waals surface area contributed by atoms with E-state index in [-0.39, 0.29) is 4.90 Å². The first-order chi connectivity index (χ1) is 9.42. The van der Waals surface area contributed by atoms with Crippen LogP contribution in [0.3, 0.4) is 0 Å². The number of hydrogen-bond acceptors (Lipinski definition) is 5. The maximum atomic E-state index is 12.4. The Kier molecular flexibility index (Phi) is 4.64. The molecule has 0 amide bonds. The molecule has 1 aromatic rings. The van der Waals surface area contributed by atoms with Crippen LogP contribution in [-0.4, -0.2) is 32.6 Å². The van der Waals surface area contributed by atoms with Gasteiger partial charge in [0.1, 0.15) is 11.3 Å². The van der Waals surface area contributed by atoms with Crippen LogP contribution in [0.25, 0.3) is 0 Å². The molecular formula is C12H13BrN2O3S2. The van der Waals surface area contributed by atoms with Gasteiger partial charge >= 0.3 is 0 Å². The second-order valence-electron chi connectivity index (χ2n) is 4.40. The maximum absolute atomic E-state index is 12.4. The Hall–Kier alpha value is -0.750. The number of nitrogens with zero attached hydrogens (tertiary/aromatic N) is 1. The number of rotatable bonds is 4. The first kappa shape index (κ1) is 15.6. The number of methoxy groups -OCH3 is 1. The second-order valence-corrected chi connectivity index (χ2v) is 8.04. The summed E-state index contributed by atoms with van der Waals surface area (Å²) in [6.07, 6.45) is 0.519. The number of benzene rings is 1. The molecule has 0 aliphatic carbocycles. The molecule has 1 atom stereocenters. The largest absolute Gasteiger partial charge is 0.496 e. The van der Waals surface area contributed by atoms with E-state index < -0.39 is 15.6 Å². The van der Waals surface area contributed by atoms with E-state index in [1.807, 2.05) is 0 Å². The molecule has 1 unspecified atom stereocenters. The molecule has 1 aliphatic heterocycles. The van der Waals surface area contributed by atoms with Crippen molar-refractivity contribution < 1.29 is 13.2 Å². The number of ether oxygens (including phenoxy) is 1. The normalized spacial score (nSPS) is 22.4. The molecule has 1 aromatic carbocycles. The van der Waals surface area contributed by atoms with Gasteiger partial charge in [0.2, 0.25) is 10.0 Å². The number of nitriles is 1. The van der Waals surface area contributed by atoms with Gasteiger partial charge in [0.15, 0.2) is 0 Å². The van der Waals surface area contributed by atoms with E-state index in [4.69, 9.17) is 4.74 Å². The van der Waals surface area contributed by atoms with Crippen LogP contribution in [0.15, 0.2) is 27.6 Å². The van der Waals surface area contributed by atoms with Gasteiger partial charge in [-0.3, -0.25) is 0 Å². The van der Waals surface area contributed by atoms with Crippen LogP contribution in [0.4, 0.5) is 0 Å². The molecule has 0 aromatic heterocycles. The zero-order valence-electron chi connectivity index (χ0n) is 10.7. The Morgan fingerprint density at radius 1 is 1.55 bits per heavy atom. The lowest BCUT2D eigenvalue weighted by Crippen LogP contribution is -2.47. The molecule has 0 saturated carbocycles. The summed E-state index contributed by atoms with van der Waals surface area (Å²) < 4.78 is 32.9. The standard InChI is InChI=1S/C12H13BrN2O3S2/c1-18-11-3-2-9(6-10(11)13)20(16,17)15-12(7-14)4-5-19-8-12/h2-3,6,15H,4-5,8H2,1H3. The minimum atomic E-state index is -3.73. The van der Waals surface area contributed by atoms with Gasteiger partial charge < -0.3 is 4.74 Å². The molecule has 0 radical (unpaired) electrons. The molecule has 1 heterocycles. The summed E-state index contributed by atoms with van der Waals surface area (Å²) in [7, 11) is -2.23. The van der Waals surface area contributed by atoms with Crippen LogP contribution in [-0.2, 0) is 10.0 Å². The van der Waals surface area contributed by atoms with Crippen LogP contribution in [0, 0.1) is 11.3 Å². The van der Waals surface area contributed by atoms with Gasteiger partial charge in [-0.15, -0.1) is 0 Å². The van der Waals surface area contributed by atoms with Crippen LogP contribution in [0.1, 0.15) is 6.42 Å². The van der Waals surface area contributed by atoms with Gasteiger partial charge in [0.25, 0.3) is 0 Å². The number of sulfonamides is 1. The average molecular weight is 377 g/mol. The fraction of sp³-hybridized carbons (Fsp3) is 0.417. The third-order valence-corrected chi connectivity index (χ3v) is 6.34. The van der Waals surface area contributed by atoms with E-state index in [2.05, 4.69) is 26.7 Å². The minimum Gasteiger partial charge on any atom is -0.496 e. The van der Waals surface area contributed by atoms with Gasteiger partial charge in [-0.05, 0) is 46.3 Å². The smallest absolute Gasteiger partial charge is 0.242 e. The van der Waals surface area contributed by atoms with E-state index >= 15 is 0 Å². The zero-order valence-corrected chi connectivity index (χ0v) is 13.9. The first-order valence-corrected chi connectivity index (χ1v) is 9.22. The molecule has 1 N–H and O–H groups in total. The lowest BCUT2D eigenvalue weighted by molar-refractivity contribution is 0.411. The summed E-state index contributed by atoms with van der Waals surface area (Å²) in [5, 5.41) is 9.24. The van der Waals surface area contributed by atoms with Crippen molar-refractivity contribution in [3.8, 4) is 11.8 Å². The van der Waals surface area contributed by atoms with E-state index in [9.17, 15) is 13.7 Å². The van der Waals surface area contributed by atoms with Gasteiger partial charge in [0, 0.05) is 5.75 Å². The third kappa shape index (κ3) is 3.11. The molecule has 5 nitrogen and oxygen atoms in total. The number of halogens is 1. The molecule has 20 heavy (non-hydrogen) atoms. The highest BCUT2D eigenvalue weighted by Gasteiger charge is 2.38. The van der Waals surface area contributed by atoms with Crippen LogP contribution >= 0.6 is 27.7 Å². The average Bonchev–Trinajstić information content (AvgIpc) is 2.87. The third-order valence-electron chi connectivity index (χ3n) is 3.00. The zero-order chi connectivity index (χ0) is 14.8. The number of nitrogens with one attached hydrogen (secondary N) is 1. The Labute approximate surface area is 130 Å². The van der Waals surface area contributed by atoms with Crippen LogP contribution in [0.5, 0.6) is 5.75 Å². The topological polar surface area (TPSA) is 79.2 Å². The molecule has 108 valence electrons. The van der Waals surface area contributed by atoms with Crippen molar-refractivity contribution in [3.63, 3.8) is 0 Å². The van der Waals surface area contributed by atoms with Gasteiger partial charge in [-0.25, -0.2) is 8.42 Å². The van der Waals surface area contributed by atoms with Gasteiger partial charge in [-0.1, -0.05) is 0 Å². The molecule has 1 fully saturated rings. The SMILES string of the molecule is COc1ccc(S(=O)(=O)NC2(C#N)CCSC2)cc1Br. The molecule has 0 spiro atoms. The Morgan fingerprint density at radius 2 is 2.30 bits per heavy atom. The minimum absolute atomic E-state index is 0.108. The van der Waals surface area contributed by atoms with Crippen LogP contribution in [0.2, 0.25) is 0 Å². The van der Waals surface area contributed by atoms with Crippen molar-refractivity contribution in [2.75, 3.05) is 18.6 Å². The summed E-state index contributed by atoms with van der Waals surface area (Å²) in [6, 6.07) is 6.59. The Bertz CT molecular complexity index is 649. The van der Waals surface area contributed by atoms with Gasteiger partial charge in [-0.2, -0.15) is 21.7 Å². The molecule has 1 aliphatic rings. The summed E-state index contributed by atoms with van der Waals surface area (Å²) in [5.74, 6) is 1.80. The van der Waals surface area contributed by atoms with Crippen molar-refractivity contribution >= 4 is 37.7 Å². The van der Waals surface area contributed by atoms with E-state index in [1.54, 1.807) is 17.8 Å². The quantitative estimate of drug-likeness (QED) is 0.870. The highest BCUT2D eigenvalue weighted by atomic mass is 79.9. The Balaban J connectivity index is 2.31. The predicted molar refractivity (Wildman–Crippen MR) is 81.3 cm³/mol. The van der Waals surface area contributed by atoms with Crippen molar-refractivity contribution in [1.82, 2.24) is 4.72 Å². The Morgan fingerprint density at radius 3 is 2.80 bits per heavy atom. The van der Waals surface area contributed by atoms with Crippen LogP contribution < -0.4 is 9.46 Å². The van der Waals surface area contributed by atoms with E-state index in [1.165, 1.54) is 19.2 Å². The van der Waals surface area contributed by atoms with Crippen molar-refractivity contribution in [2.24, 2.45) is 0 Å².